The lowest BCUT2D eigenvalue weighted by Crippen LogP contribution is -2.26. The van der Waals surface area contributed by atoms with Crippen molar-refractivity contribution in [3.8, 4) is 0 Å². The van der Waals surface area contributed by atoms with Crippen LogP contribution in [0.25, 0.3) is 0 Å². The highest BCUT2D eigenvalue weighted by Gasteiger charge is 2.21. The molecule has 3 N–H and O–H groups in total. The van der Waals surface area contributed by atoms with Crippen molar-refractivity contribution in [3.05, 3.63) is 28.6 Å². The average molecular weight is 364 g/mol. The Hall–Kier alpha value is -1.23. The summed E-state index contributed by atoms with van der Waals surface area (Å²) in [6.07, 6.45) is 1.96. The maximum atomic E-state index is 12.1. The Morgan fingerprint density at radius 3 is 2.85 bits per heavy atom. The molecule has 0 aliphatic carbocycles. The Kier molecular flexibility index (Phi) is 4.58. The summed E-state index contributed by atoms with van der Waals surface area (Å²) in [7, 11) is -1.90. The van der Waals surface area contributed by atoms with Crippen LogP contribution in [0.4, 0.5) is 0 Å². The zero-order chi connectivity index (χ0) is 14.8. The van der Waals surface area contributed by atoms with Gasteiger partial charge in [0, 0.05) is 26.1 Å². The summed E-state index contributed by atoms with van der Waals surface area (Å²) in [6, 6.07) is 1.39. The molecule has 10 heteroatoms. The molecule has 110 valence electrons. The van der Waals surface area contributed by atoms with Gasteiger partial charge in [-0.2, -0.15) is 5.10 Å². The van der Waals surface area contributed by atoms with Gasteiger partial charge in [0.15, 0.2) is 10.5 Å². The highest BCUT2D eigenvalue weighted by molar-refractivity contribution is 9.10. The van der Waals surface area contributed by atoms with E-state index in [0.29, 0.717) is 18.0 Å². The minimum absolute atomic E-state index is 0.0342. The van der Waals surface area contributed by atoms with Crippen LogP contribution in [0.2, 0.25) is 0 Å². The fourth-order valence-corrected chi connectivity index (χ4v) is 3.58. The van der Waals surface area contributed by atoms with Gasteiger partial charge in [-0.15, -0.1) is 0 Å². The quantitative estimate of drug-likeness (QED) is 0.754. The fraction of sp³-hybridized carbons (Fsp3) is 0.400. The zero-order valence-electron chi connectivity index (χ0n) is 10.7. The summed E-state index contributed by atoms with van der Waals surface area (Å²) >= 11 is 3.06. The van der Waals surface area contributed by atoms with Crippen LogP contribution in [-0.4, -0.2) is 29.7 Å². The van der Waals surface area contributed by atoms with Crippen LogP contribution < -0.4 is 10.5 Å². The van der Waals surface area contributed by atoms with Gasteiger partial charge in [0.2, 0.25) is 10.0 Å². The van der Waals surface area contributed by atoms with E-state index < -0.39 is 10.0 Å². The first-order chi connectivity index (χ1) is 9.42. The molecule has 0 amide bonds. The summed E-state index contributed by atoms with van der Waals surface area (Å²) in [5.41, 5.74) is 5.41. The van der Waals surface area contributed by atoms with E-state index >= 15 is 0 Å². The van der Waals surface area contributed by atoms with Gasteiger partial charge in [0.05, 0.1) is 6.54 Å². The summed E-state index contributed by atoms with van der Waals surface area (Å²) in [5.74, 6) is 0.966. The smallest absolute Gasteiger partial charge is 0.244 e. The molecular weight excluding hydrogens is 350 g/mol. The molecule has 0 aromatic carbocycles. The SMILES string of the molecule is Cn1cnc(CCNS(=O)(=O)c2cc(CN)oc2Br)n1. The average Bonchev–Trinajstić information content (AvgIpc) is 2.95. The van der Waals surface area contributed by atoms with E-state index in [1.165, 1.54) is 6.07 Å². The van der Waals surface area contributed by atoms with Crippen molar-refractivity contribution in [3.63, 3.8) is 0 Å². The molecule has 0 saturated carbocycles. The van der Waals surface area contributed by atoms with E-state index in [1.807, 2.05) is 0 Å². The summed E-state index contributed by atoms with van der Waals surface area (Å²) in [5, 5.41) is 4.06. The number of sulfonamides is 1. The van der Waals surface area contributed by atoms with Gasteiger partial charge in [-0.1, -0.05) is 0 Å². The molecule has 0 saturated heterocycles. The van der Waals surface area contributed by atoms with Gasteiger partial charge in [-0.3, -0.25) is 4.68 Å². The van der Waals surface area contributed by atoms with E-state index in [9.17, 15) is 8.42 Å². The van der Waals surface area contributed by atoms with Crippen LogP contribution in [0.1, 0.15) is 11.6 Å². The van der Waals surface area contributed by atoms with Crippen LogP contribution >= 0.6 is 15.9 Å². The first-order valence-corrected chi connectivity index (χ1v) is 8.02. The highest BCUT2D eigenvalue weighted by atomic mass is 79.9. The second kappa shape index (κ2) is 6.04. The van der Waals surface area contributed by atoms with E-state index in [4.69, 9.17) is 10.2 Å². The maximum absolute atomic E-state index is 12.1. The predicted molar refractivity (Wildman–Crippen MR) is 74.2 cm³/mol. The fourth-order valence-electron chi connectivity index (χ4n) is 1.56. The molecule has 0 aliphatic rings. The predicted octanol–water partition coefficient (Wildman–Crippen LogP) is 0.150. The molecule has 8 nitrogen and oxygen atoms in total. The van der Waals surface area contributed by atoms with Crippen molar-refractivity contribution in [2.75, 3.05) is 6.54 Å². The molecule has 2 heterocycles. The standard InChI is InChI=1S/C10H14BrN5O3S/c1-16-6-13-9(15-16)2-3-14-20(17,18)8-4-7(5-12)19-10(8)11/h4,6,14H,2-3,5,12H2,1H3. The zero-order valence-corrected chi connectivity index (χ0v) is 13.1. The van der Waals surface area contributed by atoms with Gasteiger partial charge in [-0.05, 0) is 15.9 Å². The normalized spacial score (nSPS) is 11.9. The van der Waals surface area contributed by atoms with Crippen molar-refractivity contribution in [2.45, 2.75) is 17.9 Å². The molecule has 0 bridgehead atoms. The monoisotopic (exact) mass is 363 g/mol. The molecule has 2 rings (SSSR count). The molecule has 0 aliphatic heterocycles. The number of hydrogen-bond acceptors (Lipinski definition) is 6. The van der Waals surface area contributed by atoms with Gasteiger partial charge in [0.25, 0.3) is 0 Å². The van der Waals surface area contributed by atoms with Gasteiger partial charge in [-0.25, -0.2) is 18.1 Å². The highest BCUT2D eigenvalue weighted by Crippen LogP contribution is 2.25. The molecule has 0 unspecified atom stereocenters. The Labute approximate surface area is 124 Å². The van der Waals surface area contributed by atoms with Gasteiger partial charge >= 0.3 is 0 Å². The van der Waals surface area contributed by atoms with Crippen LogP contribution in [-0.2, 0) is 30.0 Å². The summed E-state index contributed by atoms with van der Waals surface area (Å²) in [4.78, 5) is 4.05. The molecule has 0 atom stereocenters. The molecule has 2 aromatic rings. The van der Waals surface area contributed by atoms with Crippen molar-refractivity contribution >= 4 is 26.0 Å². The second-order valence-electron chi connectivity index (χ2n) is 4.04. The minimum Gasteiger partial charge on any atom is -0.452 e. The minimum atomic E-state index is -3.65. The van der Waals surface area contributed by atoms with E-state index in [-0.39, 0.29) is 22.7 Å². The van der Waals surface area contributed by atoms with Crippen molar-refractivity contribution in [1.29, 1.82) is 0 Å². The lowest BCUT2D eigenvalue weighted by atomic mass is 10.4. The number of aromatic nitrogens is 3. The van der Waals surface area contributed by atoms with E-state index in [1.54, 1.807) is 18.1 Å². The lowest BCUT2D eigenvalue weighted by molar-refractivity contribution is 0.483. The van der Waals surface area contributed by atoms with Crippen molar-refractivity contribution < 1.29 is 12.8 Å². The molecular formula is C10H14BrN5O3S. The number of nitrogens with one attached hydrogen (secondary N) is 1. The van der Waals surface area contributed by atoms with Gasteiger partial charge in [0.1, 0.15) is 17.0 Å². The topological polar surface area (TPSA) is 116 Å². The van der Waals surface area contributed by atoms with Crippen molar-refractivity contribution in [2.24, 2.45) is 12.8 Å². The van der Waals surface area contributed by atoms with E-state index in [0.717, 1.165) is 0 Å². The molecule has 0 fully saturated rings. The molecule has 2 aromatic heterocycles. The third kappa shape index (κ3) is 3.45. The van der Waals surface area contributed by atoms with Crippen LogP contribution in [0, 0.1) is 0 Å². The number of aryl methyl sites for hydroxylation is 1. The summed E-state index contributed by atoms with van der Waals surface area (Å²) in [6.45, 7) is 0.327. The second-order valence-corrected chi connectivity index (χ2v) is 6.49. The lowest BCUT2D eigenvalue weighted by Gasteiger charge is -2.03. The van der Waals surface area contributed by atoms with Gasteiger partial charge < -0.3 is 10.2 Å². The summed E-state index contributed by atoms with van der Waals surface area (Å²) < 4.78 is 33.5. The first-order valence-electron chi connectivity index (χ1n) is 5.75. The third-order valence-corrected chi connectivity index (χ3v) is 4.80. The first kappa shape index (κ1) is 15.2. The number of nitrogens with zero attached hydrogens (tertiary/aromatic N) is 3. The van der Waals surface area contributed by atoms with Crippen LogP contribution in [0.15, 0.2) is 26.4 Å². The number of hydrogen-bond donors (Lipinski definition) is 2. The Morgan fingerprint density at radius 2 is 2.30 bits per heavy atom. The number of rotatable bonds is 6. The van der Waals surface area contributed by atoms with Crippen LogP contribution in [0.3, 0.4) is 0 Å². The van der Waals surface area contributed by atoms with Crippen LogP contribution in [0.5, 0.6) is 0 Å². The Bertz CT molecular complexity index is 694. The Balaban J connectivity index is 2.01. The molecule has 0 radical (unpaired) electrons. The number of nitrogens with two attached hydrogens (primary N) is 1. The maximum Gasteiger partial charge on any atom is 0.244 e. The largest absolute Gasteiger partial charge is 0.452 e. The van der Waals surface area contributed by atoms with E-state index in [2.05, 4.69) is 30.7 Å². The number of furan rings is 1. The Morgan fingerprint density at radius 1 is 1.55 bits per heavy atom. The molecule has 20 heavy (non-hydrogen) atoms. The molecule has 0 spiro atoms. The third-order valence-electron chi connectivity index (χ3n) is 2.48. The number of halogens is 1. The van der Waals surface area contributed by atoms with Crippen molar-refractivity contribution in [1.82, 2.24) is 19.5 Å².